The minimum Gasteiger partial charge on any atom is -0.388 e. The average Bonchev–Trinajstić information content (AvgIpc) is 2.41. The summed E-state index contributed by atoms with van der Waals surface area (Å²) in [4.78, 5) is 0. The molecule has 4 heteroatoms. The molecule has 3 unspecified atom stereocenters. The van der Waals surface area contributed by atoms with Crippen molar-refractivity contribution in [2.75, 3.05) is 0 Å². The Bertz CT molecular complexity index is 507. The number of alkyl halides is 3. The van der Waals surface area contributed by atoms with Crippen molar-refractivity contribution in [3.63, 3.8) is 0 Å². The highest BCUT2D eigenvalue weighted by Crippen LogP contribution is 2.47. The molecule has 0 aliphatic heterocycles. The molecular formula is C17H23F3O. The van der Waals surface area contributed by atoms with Gasteiger partial charge in [-0.05, 0) is 55.9 Å². The molecule has 118 valence electrons. The van der Waals surface area contributed by atoms with Crippen LogP contribution in [0.2, 0.25) is 0 Å². The van der Waals surface area contributed by atoms with Gasteiger partial charge in [0.2, 0.25) is 0 Å². The van der Waals surface area contributed by atoms with Crippen molar-refractivity contribution in [3.05, 3.63) is 34.4 Å². The molecule has 1 saturated carbocycles. The lowest BCUT2D eigenvalue weighted by atomic mass is 9.73. The van der Waals surface area contributed by atoms with E-state index in [1.54, 1.807) is 0 Å². The maximum Gasteiger partial charge on any atom is 0.392 e. The van der Waals surface area contributed by atoms with Crippen molar-refractivity contribution in [3.8, 4) is 0 Å². The highest BCUT2D eigenvalue weighted by molar-refractivity contribution is 5.38. The van der Waals surface area contributed by atoms with Gasteiger partial charge in [-0.25, -0.2) is 0 Å². The topological polar surface area (TPSA) is 20.2 Å². The third-order valence-electron chi connectivity index (χ3n) is 4.85. The van der Waals surface area contributed by atoms with E-state index < -0.39 is 24.1 Å². The average molecular weight is 300 g/mol. The summed E-state index contributed by atoms with van der Waals surface area (Å²) in [5, 5.41) is 10.6. The predicted octanol–water partition coefficient (Wildman–Crippen LogP) is 5.01. The summed E-state index contributed by atoms with van der Waals surface area (Å²) in [5.74, 6) is -2.11. The van der Waals surface area contributed by atoms with E-state index in [1.807, 2.05) is 32.9 Å². The molecule has 21 heavy (non-hydrogen) atoms. The molecule has 1 fully saturated rings. The van der Waals surface area contributed by atoms with Crippen LogP contribution in [0.1, 0.15) is 54.0 Å². The summed E-state index contributed by atoms with van der Waals surface area (Å²) in [5.41, 5.74) is 3.63. The molecule has 0 saturated heterocycles. The van der Waals surface area contributed by atoms with Crippen molar-refractivity contribution >= 4 is 0 Å². The highest BCUT2D eigenvalue weighted by atomic mass is 19.4. The molecular weight excluding hydrogens is 277 g/mol. The summed E-state index contributed by atoms with van der Waals surface area (Å²) in [7, 11) is 0. The second-order valence-corrected chi connectivity index (χ2v) is 6.33. The SMILES string of the molecule is Cc1cc(C)c(C(O)C2CCCCC2C(F)(F)F)cc1C. The second-order valence-electron chi connectivity index (χ2n) is 6.33. The van der Waals surface area contributed by atoms with Crippen LogP contribution in [0.5, 0.6) is 0 Å². The molecule has 2 rings (SSSR count). The van der Waals surface area contributed by atoms with Crippen LogP contribution in [-0.4, -0.2) is 11.3 Å². The molecule has 0 radical (unpaired) electrons. The molecule has 1 N–H and O–H groups in total. The number of hydrogen-bond acceptors (Lipinski definition) is 1. The van der Waals surface area contributed by atoms with Gasteiger partial charge in [-0.1, -0.05) is 25.0 Å². The fourth-order valence-corrected chi connectivity index (χ4v) is 3.48. The van der Waals surface area contributed by atoms with Gasteiger partial charge in [0.05, 0.1) is 12.0 Å². The lowest BCUT2D eigenvalue weighted by Crippen LogP contribution is -2.36. The van der Waals surface area contributed by atoms with Gasteiger partial charge in [-0.3, -0.25) is 0 Å². The van der Waals surface area contributed by atoms with E-state index in [1.165, 1.54) is 0 Å². The lowest BCUT2D eigenvalue weighted by Gasteiger charge is -2.36. The Hall–Kier alpha value is -1.03. The van der Waals surface area contributed by atoms with Crippen LogP contribution in [0, 0.1) is 32.6 Å². The summed E-state index contributed by atoms with van der Waals surface area (Å²) in [6.07, 6.45) is -3.32. The van der Waals surface area contributed by atoms with E-state index in [4.69, 9.17) is 0 Å². The van der Waals surface area contributed by atoms with Crippen LogP contribution in [0.4, 0.5) is 13.2 Å². The minimum absolute atomic E-state index is 0.134. The first-order chi connectivity index (χ1) is 9.71. The Kier molecular flexibility index (Phi) is 4.66. The smallest absolute Gasteiger partial charge is 0.388 e. The van der Waals surface area contributed by atoms with Crippen molar-refractivity contribution in [1.82, 2.24) is 0 Å². The fourth-order valence-electron chi connectivity index (χ4n) is 3.48. The number of halogens is 3. The molecule has 0 heterocycles. The van der Waals surface area contributed by atoms with Gasteiger partial charge in [0.1, 0.15) is 0 Å². The zero-order chi connectivity index (χ0) is 15.8. The number of benzene rings is 1. The third kappa shape index (κ3) is 3.42. The van der Waals surface area contributed by atoms with Crippen molar-refractivity contribution in [2.45, 2.75) is 58.7 Å². The van der Waals surface area contributed by atoms with E-state index in [-0.39, 0.29) is 6.42 Å². The molecule has 0 bridgehead atoms. The summed E-state index contributed by atoms with van der Waals surface area (Å²) >= 11 is 0. The molecule has 1 aromatic rings. The normalized spacial score (nSPS) is 24.9. The Balaban J connectivity index is 2.33. The summed E-state index contributed by atoms with van der Waals surface area (Å²) < 4.78 is 39.6. The van der Waals surface area contributed by atoms with Gasteiger partial charge in [0.15, 0.2) is 0 Å². The number of aliphatic hydroxyl groups excluding tert-OH is 1. The lowest BCUT2D eigenvalue weighted by molar-refractivity contribution is -0.207. The monoisotopic (exact) mass is 300 g/mol. The van der Waals surface area contributed by atoms with Crippen molar-refractivity contribution < 1.29 is 18.3 Å². The maximum atomic E-state index is 13.2. The van der Waals surface area contributed by atoms with Crippen molar-refractivity contribution in [2.24, 2.45) is 11.8 Å². The molecule has 3 atom stereocenters. The number of aliphatic hydroxyl groups is 1. The fraction of sp³-hybridized carbons (Fsp3) is 0.647. The van der Waals surface area contributed by atoms with E-state index in [9.17, 15) is 18.3 Å². The van der Waals surface area contributed by atoms with Gasteiger partial charge in [0, 0.05) is 5.92 Å². The Labute approximate surface area is 124 Å². The molecule has 1 aromatic carbocycles. The Morgan fingerprint density at radius 3 is 2.19 bits per heavy atom. The first-order valence-corrected chi connectivity index (χ1v) is 7.54. The zero-order valence-corrected chi connectivity index (χ0v) is 12.8. The molecule has 1 aliphatic carbocycles. The molecule has 0 spiro atoms. The van der Waals surface area contributed by atoms with E-state index in [0.29, 0.717) is 18.4 Å². The van der Waals surface area contributed by atoms with E-state index in [2.05, 4.69) is 0 Å². The summed E-state index contributed by atoms with van der Waals surface area (Å²) in [6.45, 7) is 5.75. The standard InChI is InChI=1S/C17H23F3O/c1-10-8-12(3)14(9-11(10)2)16(21)13-6-4-5-7-15(13)17(18,19)20/h8-9,13,15-16,21H,4-7H2,1-3H3. The van der Waals surface area contributed by atoms with Gasteiger partial charge in [-0.15, -0.1) is 0 Å². The quantitative estimate of drug-likeness (QED) is 0.813. The molecule has 0 amide bonds. The highest BCUT2D eigenvalue weighted by Gasteiger charge is 2.48. The van der Waals surface area contributed by atoms with E-state index in [0.717, 1.165) is 23.1 Å². The maximum absolute atomic E-state index is 13.2. The van der Waals surface area contributed by atoms with Gasteiger partial charge in [-0.2, -0.15) is 13.2 Å². The van der Waals surface area contributed by atoms with Gasteiger partial charge in [0.25, 0.3) is 0 Å². The third-order valence-corrected chi connectivity index (χ3v) is 4.85. The van der Waals surface area contributed by atoms with Gasteiger partial charge < -0.3 is 5.11 Å². The van der Waals surface area contributed by atoms with Crippen LogP contribution in [0.15, 0.2) is 12.1 Å². The number of aryl methyl sites for hydroxylation is 3. The Morgan fingerprint density at radius 2 is 1.57 bits per heavy atom. The number of rotatable bonds is 2. The largest absolute Gasteiger partial charge is 0.392 e. The summed E-state index contributed by atoms with van der Waals surface area (Å²) in [6, 6.07) is 3.79. The molecule has 0 aromatic heterocycles. The van der Waals surface area contributed by atoms with Crippen LogP contribution in [0.25, 0.3) is 0 Å². The van der Waals surface area contributed by atoms with Crippen LogP contribution in [-0.2, 0) is 0 Å². The minimum atomic E-state index is -4.22. The van der Waals surface area contributed by atoms with Crippen LogP contribution >= 0.6 is 0 Å². The molecule has 1 nitrogen and oxygen atoms in total. The first kappa shape index (κ1) is 16.3. The van der Waals surface area contributed by atoms with Crippen molar-refractivity contribution in [1.29, 1.82) is 0 Å². The van der Waals surface area contributed by atoms with Gasteiger partial charge >= 0.3 is 6.18 Å². The van der Waals surface area contributed by atoms with Crippen LogP contribution in [0.3, 0.4) is 0 Å². The first-order valence-electron chi connectivity index (χ1n) is 7.54. The second kappa shape index (κ2) is 5.99. The van der Waals surface area contributed by atoms with E-state index >= 15 is 0 Å². The number of hydrogen-bond donors (Lipinski definition) is 1. The molecule has 1 aliphatic rings. The van der Waals surface area contributed by atoms with Crippen LogP contribution < -0.4 is 0 Å². The predicted molar refractivity (Wildman–Crippen MR) is 77.1 cm³/mol. The Morgan fingerprint density at radius 1 is 1.00 bits per heavy atom. The zero-order valence-electron chi connectivity index (χ0n) is 12.8.